The van der Waals surface area contributed by atoms with Crippen molar-refractivity contribution in [3.63, 3.8) is 0 Å². The molecule has 0 saturated carbocycles. The number of aromatic nitrogens is 4. The summed E-state index contributed by atoms with van der Waals surface area (Å²) in [5.41, 5.74) is 0.733. The molecule has 2 aromatic heterocycles. The number of fused-ring (bicyclic) bond motifs is 1. The lowest BCUT2D eigenvalue weighted by Gasteiger charge is -2.06. The van der Waals surface area contributed by atoms with Crippen molar-refractivity contribution in [2.45, 2.75) is 16.8 Å². The molecule has 0 spiro atoms. The molecule has 1 aromatic carbocycles. The van der Waals surface area contributed by atoms with Crippen LogP contribution in [0.3, 0.4) is 0 Å². The normalized spacial score (nSPS) is 10.8. The number of nitrogens with zero attached hydrogens (tertiary/aromatic N) is 3. The lowest BCUT2D eigenvalue weighted by atomic mass is 10.3. The molecule has 0 unspecified atom stereocenters. The minimum absolute atomic E-state index is 0.602. The molecule has 0 atom stereocenters. The highest BCUT2D eigenvalue weighted by molar-refractivity contribution is 7.99. The summed E-state index contributed by atoms with van der Waals surface area (Å²) in [7, 11) is 1.66. The molecule has 2 heterocycles. The molecule has 0 aliphatic heterocycles. The summed E-state index contributed by atoms with van der Waals surface area (Å²) in [6.45, 7) is 2.78. The molecule has 0 bridgehead atoms. The van der Waals surface area contributed by atoms with E-state index in [0.717, 1.165) is 33.2 Å². The third-order valence-corrected chi connectivity index (χ3v) is 3.90. The average molecular weight is 301 g/mol. The Bertz CT molecular complexity index is 741. The van der Waals surface area contributed by atoms with Crippen LogP contribution in [0.15, 0.2) is 40.4 Å². The molecular formula is C14H15N5OS. The van der Waals surface area contributed by atoms with E-state index >= 15 is 0 Å². The fourth-order valence-corrected chi connectivity index (χ4v) is 2.77. The molecule has 0 saturated heterocycles. The third-order valence-electron chi connectivity index (χ3n) is 2.88. The number of nitrogens with one attached hydrogen (secondary N) is 2. The Morgan fingerprint density at radius 3 is 2.76 bits per heavy atom. The third kappa shape index (κ3) is 2.92. The van der Waals surface area contributed by atoms with Gasteiger partial charge < -0.3 is 10.1 Å². The van der Waals surface area contributed by atoms with Crippen LogP contribution in [0.2, 0.25) is 0 Å². The minimum atomic E-state index is 0.602. The second-order valence-corrected chi connectivity index (χ2v) is 5.35. The number of ether oxygens (including phenoxy) is 1. The van der Waals surface area contributed by atoms with E-state index in [2.05, 4.69) is 25.5 Å². The van der Waals surface area contributed by atoms with E-state index in [1.165, 1.54) is 0 Å². The minimum Gasteiger partial charge on any atom is -0.497 e. The van der Waals surface area contributed by atoms with Crippen LogP contribution < -0.4 is 10.1 Å². The van der Waals surface area contributed by atoms with Crippen molar-refractivity contribution in [1.29, 1.82) is 0 Å². The smallest absolute Gasteiger partial charge is 0.225 e. The molecule has 0 radical (unpaired) electrons. The maximum atomic E-state index is 5.17. The van der Waals surface area contributed by atoms with Crippen LogP contribution in [-0.4, -0.2) is 33.8 Å². The highest BCUT2D eigenvalue weighted by Gasteiger charge is 2.10. The molecule has 3 aromatic rings. The Morgan fingerprint density at radius 2 is 2.05 bits per heavy atom. The summed E-state index contributed by atoms with van der Waals surface area (Å²) in [4.78, 5) is 10.0. The molecule has 0 fully saturated rings. The van der Waals surface area contributed by atoms with Gasteiger partial charge in [-0.15, -0.1) is 0 Å². The predicted octanol–water partition coefficient (Wildman–Crippen LogP) is 2.94. The lowest BCUT2D eigenvalue weighted by molar-refractivity contribution is 0.414. The van der Waals surface area contributed by atoms with Crippen molar-refractivity contribution in [3.8, 4) is 5.75 Å². The molecule has 3 rings (SSSR count). The molecule has 21 heavy (non-hydrogen) atoms. The van der Waals surface area contributed by atoms with Crippen molar-refractivity contribution >= 4 is 28.7 Å². The van der Waals surface area contributed by atoms with Crippen LogP contribution in [0.5, 0.6) is 5.75 Å². The molecule has 0 aliphatic rings. The summed E-state index contributed by atoms with van der Waals surface area (Å²) in [5.74, 6) is 1.44. The number of rotatable bonds is 5. The zero-order valence-corrected chi connectivity index (χ0v) is 12.6. The maximum Gasteiger partial charge on any atom is 0.225 e. The summed E-state index contributed by atoms with van der Waals surface area (Å²) in [6.07, 6.45) is 1.75. The van der Waals surface area contributed by atoms with Gasteiger partial charge in [-0.1, -0.05) is 11.8 Å². The van der Waals surface area contributed by atoms with Gasteiger partial charge in [-0.25, -0.2) is 4.98 Å². The van der Waals surface area contributed by atoms with Crippen LogP contribution in [0, 0.1) is 0 Å². The van der Waals surface area contributed by atoms with Gasteiger partial charge in [0.25, 0.3) is 0 Å². The van der Waals surface area contributed by atoms with Gasteiger partial charge in [-0.3, -0.25) is 5.10 Å². The van der Waals surface area contributed by atoms with E-state index < -0.39 is 0 Å². The fourth-order valence-electron chi connectivity index (χ4n) is 1.88. The Morgan fingerprint density at radius 1 is 1.24 bits per heavy atom. The highest BCUT2D eigenvalue weighted by atomic mass is 32.2. The van der Waals surface area contributed by atoms with Crippen LogP contribution in [-0.2, 0) is 0 Å². The van der Waals surface area contributed by atoms with Gasteiger partial charge in [0.05, 0.1) is 18.7 Å². The molecule has 108 valence electrons. The monoisotopic (exact) mass is 301 g/mol. The van der Waals surface area contributed by atoms with Crippen molar-refractivity contribution in [1.82, 2.24) is 20.2 Å². The quantitative estimate of drug-likeness (QED) is 0.706. The number of methoxy groups -OCH3 is 1. The Labute approximate surface area is 126 Å². The first-order valence-corrected chi connectivity index (χ1v) is 7.38. The van der Waals surface area contributed by atoms with Crippen LogP contribution >= 0.6 is 11.8 Å². The largest absolute Gasteiger partial charge is 0.497 e. The van der Waals surface area contributed by atoms with Crippen molar-refractivity contribution in [2.75, 3.05) is 19.0 Å². The van der Waals surface area contributed by atoms with Gasteiger partial charge >= 0.3 is 0 Å². The van der Waals surface area contributed by atoms with E-state index in [1.807, 2.05) is 31.2 Å². The SMILES string of the molecule is CCNc1nc(Sc2ccc(OC)cc2)c2cn[nH]c2n1. The molecule has 6 nitrogen and oxygen atoms in total. The lowest BCUT2D eigenvalue weighted by Crippen LogP contribution is -2.02. The first-order chi connectivity index (χ1) is 10.3. The second-order valence-electron chi connectivity index (χ2n) is 4.29. The van der Waals surface area contributed by atoms with Crippen molar-refractivity contribution in [3.05, 3.63) is 30.5 Å². The predicted molar refractivity (Wildman–Crippen MR) is 83.0 cm³/mol. The summed E-state index contributed by atoms with van der Waals surface area (Å²) in [6, 6.07) is 7.87. The fraction of sp³-hybridized carbons (Fsp3) is 0.214. The molecule has 0 aliphatic carbocycles. The number of hydrogen-bond acceptors (Lipinski definition) is 6. The Hall–Kier alpha value is -2.28. The van der Waals surface area contributed by atoms with E-state index in [4.69, 9.17) is 4.74 Å². The number of H-pyrrole nitrogens is 1. The zero-order valence-electron chi connectivity index (χ0n) is 11.8. The van der Waals surface area contributed by atoms with Gasteiger partial charge in [0, 0.05) is 11.4 Å². The Kier molecular flexibility index (Phi) is 3.92. The van der Waals surface area contributed by atoms with Crippen LogP contribution in [0.1, 0.15) is 6.92 Å². The molecule has 0 amide bonds. The van der Waals surface area contributed by atoms with Crippen molar-refractivity contribution in [2.24, 2.45) is 0 Å². The standard InChI is InChI=1S/C14H15N5OS/c1-3-15-14-17-12-11(8-16-19-12)13(18-14)21-10-6-4-9(20-2)5-7-10/h4-8H,3H2,1-2H3,(H2,15,16,17,18,19). The summed E-state index contributed by atoms with van der Waals surface area (Å²) in [5, 5.41) is 11.8. The first-order valence-electron chi connectivity index (χ1n) is 6.57. The summed E-state index contributed by atoms with van der Waals surface area (Å²) < 4.78 is 5.17. The number of aromatic amines is 1. The maximum absolute atomic E-state index is 5.17. The zero-order chi connectivity index (χ0) is 14.7. The van der Waals surface area contributed by atoms with Gasteiger partial charge in [0.1, 0.15) is 10.8 Å². The number of benzene rings is 1. The van der Waals surface area contributed by atoms with E-state index in [9.17, 15) is 0 Å². The van der Waals surface area contributed by atoms with Crippen LogP contribution in [0.25, 0.3) is 11.0 Å². The second kappa shape index (κ2) is 6.01. The molecule has 2 N–H and O–H groups in total. The van der Waals surface area contributed by atoms with Gasteiger partial charge in [-0.05, 0) is 31.2 Å². The van der Waals surface area contributed by atoms with E-state index in [-0.39, 0.29) is 0 Å². The highest BCUT2D eigenvalue weighted by Crippen LogP contribution is 2.32. The number of hydrogen-bond donors (Lipinski definition) is 2. The summed E-state index contributed by atoms with van der Waals surface area (Å²) >= 11 is 1.57. The number of anilines is 1. The van der Waals surface area contributed by atoms with E-state index in [1.54, 1.807) is 25.1 Å². The molecular weight excluding hydrogens is 286 g/mol. The molecule has 7 heteroatoms. The van der Waals surface area contributed by atoms with Gasteiger partial charge in [0.15, 0.2) is 5.65 Å². The van der Waals surface area contributed by atoms with Gasteiger partial charge in [-0.2, -0.15) is 10.1 Å². The average Bonchev–Trinajstić information content (AvgIpc) is 2.97. The topological polar surface area (TPSA) is 75.7 Å². The Balaban J connectivity index is 1.95. The van der Waals surface area contributed by atoms with E-state index in [0.29, 0.717) is 5.95 Å². The van der Waals surface area contributed by atoms with Gasteiger partial charge in [0.2, 0.25) is 5.95 Å². The van der Waals surface area contributed by atoms with Crippen LogP contribution in [0.4, 0.5) is 5.95 Å². The first kappa shape index (κ1) is 13.7. The van der Waals surface area contributed by atoms with Crippen molar-refractivity contribution < 1.29 is 4.74 Å².